The lowest BCUT2D eigenvalue weighted by Gasteiger charge is -2.08. The molecule has 0 saturated carbocycles. The molecule has 0 bridgehead atoms. The summed E-state index contributed by atoms with van der Waals surface area (Å²) in [6, 6.07) is 7.68. The topological polar surface area (TPSA) is 128 Å². The number of urea groups is 1. The average Bonchev–Trinajstić information content (AvgIpc) is 2.44. The number of ether oxygens (including phenoxy) is 1. The first-order chi connectivity index (χ1) is 10.4. The fraction of sp³-hybridized carbons (Fsp3) is 0.143. The second-order valence-corrected chi connectivity index (χ2v) is 4.14. The van der Waals surface area contributed by atoms with E-state index in [4.69, 9.17) is 10.5 Å². The highest BCUT2D eigenvalue weighted by molar-refractivity contribution is 5.99. The normalized spacial score (nSPS) is 10.5. The molecule has 0 unspecified atom stereocenters. The summed E-state index contributed by atoms with van der Waals surface area (Å²) < 4.78 is 4.70. The lowest BCUT2D eigenvalue weighted by Crippen LogP contribution is -2.38. The number of nitrogens with two attached hydrogens (primary N) is 1. The zero-order valence-electron chi connectivity index (χ0n) is 11.8. The highest BCUT2D eigenvalue weighted by Crippen LogP contribution is 2.06. The zero-order valence-corrected chi connectivity index (χ0v) is 11.8. The number of hydrogen-bond acceptors (Lipinski definition) is 5. The molecule has 1 aromatic carbocycles. The fourth-order valence-corrected chi connectivity index (χ4v) is 1.43. The lowest BCUT2D eigenvalue weighted by molar-refractivity contribution is -0.145. The Morgan fingerprint density at radius 2 is 1.77 bits per heavy atom. The van der Waals surface area contributed by atoms with Gasteiger partial charge in [-0.25, -0.2) is 9.59 Å². The van der Waals surface area contributed by atoms with E-state index < -0.39 is 30.4 Å². The molecular formula is C14H15N3O5. The maximum Gasteiger partial charge on any atom is 0.355 e. The number of rotatable bonds is 5. The number of nitrogens with one attached hydrogen (secondary N) is 2. The van der Waals surface area contributed by atoms with Gasteiger partial charge in [-0.15, -0.1) is 0 Å². The number of carbonyl (C=O) groups is 4. The van der Waals surface area contributed by atoms with Gasteiger partial charge >= 0.3 is 12.0 Å². The number of esters is 1. The average molecular weight is 305 g/mol. The van der Waals surface area contributed by atoms with Crippen LogP contribution in [0.4, 0.5) is 4.79 Å². The van der Waals surface area contributed by atoms with Crippen LogP contribution in [0.25, 0.3) is 6.08 Å². The summed E-state index contributed by atoms with van der Waals surface area (Å²) in [7, 11) is 0. The van der Waals surface area contributed by atoms with Crippen LogP contribution in [-0.2, 0) is 19.1 Å². The molecule has 0 fully saturated rings. The summed E-state index contributed by atoms with van der Waals surface area (Å²) in [4.78, 5) is 44.6. The van der Waals surface area contributed by atoms with Gasteiger partial charge in [-0.05, 0) is 11.6 Å². The Hall–Kier alpha value is -3.16. The van der Waals surface area contributed by atoms with Crippen molar-refractivity contribution in [3.63, 3.8) is 0 Å². The molecule has 116 valence electrons. The van der Waals surface area contributed by atoms with Gasteiger partial charge in [-0.3, -0.25) is 14.9 Å². The molecule has 0 aromatic heterocycles. The van der Waals surface area contributed by atoms with E-state index >= 15 is 0 Å². The third-order valence-electron chi connectivity index (χ3n) is 2.24. The molecule has 0 spiro atoms. The van der Waals surface area contributed by atoms with Crippen LogP contribution in [0.5, 0.6) is 0 Å². The summed E-state index contributed by atoms with van der Waals surface area (Å²) in [5.41, 5.74) is 5.27. The van der Waals surface area contributed by atoms with Crippen molar-refractivity contribution in [2.24, 2.45) is 5.73 Å². The van der Waals surface area contributed by atoms with Gasteiger partial charge in [0.2, 0.25) is 5.91 Å². The van der Waals surface area contributed by atoms with Crippen LogP contribution >= 0.6 is 0 Å². The van der Waals surface area contributed by atoms with Gasteiger partial charge in [0.25, 0.3) is 5.91 Å². The van der Waals surface area contributed by atoms with E-state index in [0.717, 1.165) is 0 Å². The predicted molar refractivity (Wildman–Crippen MR) is 76.9 cm³/mol. The molecule has 4 N–H and O–H groups in total. The SMILES string of the molecule is CC(=O)N/C(=C/c1ccccc1)C(=O)OCC(=O)NC(N)=O. The summed E-state index contributed by atoms with van der Waals surface area (Å²) in [5.74, 6) is -2.26. The first-order valence-corrected chi connectivity index (χ1v) is 6.19. The molecule has 1 rings (SSSR count). The first kappa shape index (κ1) is 16.9. The summed E-state index contributed by atoms with van der Waals surface area (Å²) >= 11 is 0. The molecule has 0 aliphatic heterocycles. The van der Waals surface area contributed by atoms with Gasteiger partial charge in [0.05, 0.1) is 0 Å². The molecule has 0 aliphatic rings. The lowest BCUT2D eigenvalue weighted by atomic mass is 10.2. The van der Waals surface area contributed by atoms with Crippen molar-refractivity contribution in [2.45, 2.75) is 6.92 Å². The van der Waals surface area contributed by atoms with Gasteiger partial charge in [-0.2, -0.15) is 0 Å². The van der Waals surface area contributed by atoms with Gasteiger partial charge in [0.1, 0.15) is 5.70 Å². The number of hydrogen-bond donors (Lipinski definition) is 3. The Balaban J connectivity index is 2.77. The van der Waals surface area contributed by atoms with E-state index in [9.17, 15) is 19.2 Å². The van der Waals surface area contributed by atoms with E-state index in [1.165, 1.54) is 13.0 Å². The monoisotopic (exact) mass is 305 g/mol. The molecule has 0 saturated heterocycles. The highest BCUT2D eigenvalue weighted by Gasteiger charge is 2.15. The van der Waals surface area contributed by atoms with Crippen molar-refractivity contribution in [3.8, 4) is 0 Å². The Labute approximate surface area is 126 Å². The molecule has 22 heavy (non-hydrogen) atoms. The Morgan fingerprint density at radius 1 is 1.14 bits per heavy atom. The van der Waals surface area contributed by atoms with E-state index in [2.05, 4.69) is 5.32 Å². The molecule has 8 heteroatoms. The Kier molecular flexibility index (Phi) is 6.30. The van der Waals surface area contributed by atoms with Gasteiger partial charge in [0, 0.05) is 6.92 Å². The maximum atomic E-state index is 11.9. The Morgan fingerprint density at radius 3 is 2.32 bits per heavy atom. The third kappa shape index (κ3) is 6.33. The number of amides is 4. The van der Waals surface area contributed by atoms with Crippen molar-refractivity contribution in [3.05, 3.63) is 41.6 Å². The van der Waals surface area contributed by atoms with E-state index in [0.29, 0.717) is 5.56 Å². The van der Waals surface area contributed by atoms with Crippen LogP contribution < -0.4 is 16.4 Å². The van der Waals surface area contributed by atoms with Crippen LogP contribution in [0.1, 0.15) is 12.5 Å². The minimum absolute atomic E-state index is 0.134. The molecule has 1 aromatic rings. The van der Waals surface area contributed by atoms with Crippen molar-refractivity contribution in [2.75, 3.05) is 6.61 Å². The minimum atomic E-state index is -1.05. The van der Waals surface area contributed by atoms with E-state index in [1.807, 2.05) is 0 Å². The van der Waals surface area contributed by atoms with Crippen molar-refractivity contribution in [1.82, 2.24) is 10.6 Å². The molecule has 0 heterocycles. The van der Waals surface area contributed by atoms with Crippen molar-refractivity contribution < 1.29 is 23.9 Å². The molecule has 8 nitrogen and oxygen atoms in total. The number of primary amides is 1. The van der Waals surface area contributed by atoms with E-state index in [1.54, 1.807) is 35.6 Å². The minimum Gasteiger partial charge on any atom is -0.451 e. The maximum absolute atomic E-state index is 11.9. The fourth-order valence-electron chi connectivity index (χ4n) is 1.43. The summed E-state index contributed by atoms with van der Waals surface area (Å²) in [6.45, 7) is 0.527. The second kappa shape index (κ2) is 8.20. The van der Waals surface area contributed by atoms with Crippen molar-refractivity contribution >= 4 is 29.9 Å². The van der Waals surface area contributed by atoms with Crippen LogP contribution in [0.15, 0.2) is 36.0 Å². The second-order valence-electron chi connectivity index (χ2n) is 4.14. The van der Waals surface area contributed by atoms with Crippen LogP contribution in [0, 0.1) is 0 Å². The molecular weight excluding hydrogens is 290 g/mol. The van der Waals surface area contributed by atoms with E-state index in [-0.39, 0.29) is 5.70 Å². The quantitative estimate of drug-likeness (QED) is 0.517. The number of carbonyl (C=O) groups excluding carboxylic acids is 4. The Bertz CT molecular complexity index is 610. The third-order valence-corrected chi connectivity index (χ3v) is 2.24. The van der Waals surface area contributed by atoms with Gasteiger partial charge in [-0.1, -0.05) is 30.3 Å². The van der Waals surface area contributed by atoms with Gasteiger partial charge in [0.15, 0.2) is 6.61 Å². The first-order valence-electron chi connectivity index (χ1n) is 6.19. The summed E-state index contributed by atoms with van der Waals surface area (Å²) in [5, 5.41) is 4.06. The zero-order chi connectivity index (χ0) is 16.5. The van der Waals surface area contributed by atoms with Crippen LogP contribution in [-0.4, -0.2) is 30.4 Å². The van der Waals surface area contributed by atoms with Crippen LogP contribution in [0.3, 0.4) is 0 Å². The van der Waals surface area contributed by atoms with Gasteiger partial charge < -0.3 is 15.8 Å². The van der Waals surface area contributed by atoms with Crippen molar-refractivity contribution in [1.29, 1.82) is 0 Å². The number of benzene rings is 1. The number of imide groups is 1. The molecule has 0 radical (unpaired) electrons. The highest BCUT2D eigenvalue weighted by atomic mass is 16.5. The predicted octanol–water partition coefficient (Wildman–Crippen LogP) is -0.0983. The largest absolute Gasteiger partial charge is 0.451 e. The standard InChI is InChI=1S/C14H15N3O5/c1-9(18)16-11(7-10-5-3-2-4-6-10)13(20)22-8-12(19)17-14(15)21/h2-7H,8H2,1H3,(H,16,18)(H3,15,17,19,21)/b11-7+. The summed E-state index contributed by atoms with van der Waals surface area (Å²) in [6.07, 6.45) is 1.40. The molecule has 4 amide bonds. The molecule has 0 aliphatic carbocycles. The molecule has 0 atom stereocenters. The smallest absolute Gasteiger partial charge is 0.355 e. The van der Waals surface area contributed by atoms with Crippen LogP contribution in [0.2, 0.25) is 0 Å².